The van der Waals surface area contributed by atoms with Gasteiger partial charge in [-0.25, -0.2) is 9.18 Å². The molecule has 2 N–H and O–H groups in total. The van der Waals surface area contributed by atoms with Crippen LogP contribution in [0.25, 0.3) is 0 Å². The Morgan fingerprint density at radius 2 is 1.64 bits per heavy atom. The van der Waals surface area contributed by atoms with E-state index >= 15 is 0 Å². The van der Waals surface area contributed by atoms with Gasteiger partial charge in [0.1, 0.15) is 36.5 Å². The predicted octanol–water partition coefficient (Wildman–Crippen LogP) is 6.52. The van der Waals surface area contributed by atoms with Crippen LogP contribution in [0.1, 0.15) is 123 Å². The van der Waals surface area contributed by atoms with Crippen LogP contribution in [0.2, 0.25) is 0 Å². The first-order chi connectivity index (χ1) is 31.3. The lowest BCUT2D eigenvalue weighted by atomic mass is 9.81. The minimum absolute atomic E-state index is 0.00918. The van der Waals surface area contributed by atoms with Crippen molar-refractivity contribution >= 4 is 29.2 Å². The van der Waals surface area contributed by atoms with Crippen molar-refractivity contribution in [2.24, 2.45) is 29.6 Å². The predicted molar refractivity (Wildman–Crippen MR) is 243 cm³/mol. The Morgan fingerprint density at radius 1 is 0.939 bits per heavy atom. The summed E-state index contributed by atoms with van der Waals surface area (Å²) in [6.07, 6.45) is 3.27. The van der Waals surface area contributed by atoms with Gasteiger partial charge in [0.25, 0.3) is 11.7 Å². The van der Waals surface area contributed by atoms with Crippen LogP contribution in [-0.4, -0.2) is 133 Å². The number of nitrogens with zero attached hydrogens (tertiary/aromatic N) is 1. The van der Waals surface area contributed by atoms with Gasteiger partial charge in [-0.05, 0) is 108 Å². The van der Waals surface area contributed by atoms with Crippen LogP contribution in [0, 0.1) is 35.4 Å². The number of hydrogen-bond acceptors (Lipinski definition) is 13. The smallest absolute Gasteiger partial charge is 0.329 e. The first kappa shape index (κ1) is 53.3. The number of carbonyl (C=O) groups is 5. The van der Waals surface area contributed by atoms with E-state index in [1.807, 2.05) is 32.9 Å². The van der Waals surface area contributed by atoms with Gasteiger partial charge in [0.2, 0.25) is 5.79 Å². The van der Waals surface area contributed by atoms with Crippen molar-refractivity contribution in [1.82, 2.24) is 4.90 Å². The summed E-state index contributed by atoms with van der Waals surface area (Å²) < 4.78 is 50.0. The van der Waals surface area contributed by atoms with Gasteiger partial charge in [0.05, 0.1) is 30.5 Å². The van der Waals surface area contributed by atoms with Crippen molar-refractivity contribution in [3.63, 3.8) is 0 Å². The summed E-state index contributed by atoms with van der Waals surface area (Å²) in [5.41, 5.74) is 1.81. The van der Waals surface area contributed by atoms with E-state index in [1.54, 1.807) is 27.9 Å². The third-order valence-corrected chi connectivity index (χ3v) is 14.4. The number of Topliss-reactive ketones (excluding diaryl/α,β-unsaturated/α-hetero) is 3. The summed E-state index contributed by atoms with van der Waals surface area (Å²) in [6.45, 7) is 10.9. The van der Waals surface area contributed by atoms with E-state index < -0.39 is 95.8 Å². The van der Waals surface area contributed by atoms with Crippen molar-refractivity contribution < 1.29 is 67.0 Å². The molecule has 15 heteroatoms. The highest BCUT2D eigenvalue weighted by Gasteiger charge is 2.56. The van der Waals surface area contributed by atoms with Crippen LogP contribution in [0.4, 0.5) is 4.39 Å². The second kappa shape index (κ2) is 24.0. The quantitative estimate of drug-likeness (QED) is 0.112. The zero-order valence-corrected chi connectivity index (χ0v) is 40.4. The Hall–Kier alpha value is -3.70. The van der Waals surface area contributed by atoms with Crippen LogP contribution in [-0.2, 0) is 47.6 Å². The second-order valence-electron chi connectivity index (χ2n) is 19.4. The molecule has 3 aliphatic heterocycles. The molecule has 1 aromatic rings. The highest BCUT2D eigenvalue weighted by Crippen LogP contribution is 2.39. The van der Waals surface area contributed by atoms with Crippen LogP contribution < -0.4 is 0 Å². The number of ether oxygens (including phenoxy) is 6. The second-order valence-corrected chi connectivity index (χ2v) is 19.4. The van der Waals surface area contributed by atoms with Crippen molar-refractivity contribution in [3.05, 3.63) is 58.9 Å². The molecule has 66 heavy (non-hydrogen) atoms. The number of rotatable bonds is 10. The number of cyclic esters (lactones) is 1. The van der Waals surface area contributed by atoms with Gasteiger partial charge in [-0.3, -0.25) is 19.2 Å². The summed E-state index contributed by atoms with van der Waals surface area (Å²) >= 11 is 0. The van der Waals surface area contributed by atoms with E-state index in [0.717, 1.165) is 5.57 Å². The summed E-state index contributed by atoms with van der Waals surface area (Å²) in [5, 5.41) is 23.9. The molecule has 1 saturated carbocycles. The van der Waals surface area contributed by atoms with E-state index in [0.29, 0.717) is 56.9 Å². The number of piperidine rings is 1. The zero-order chi connectivity index (χ0) is 48.5. The Balaban J connectivity index is 1.45. The molecule has 14 atom stereocenters. The van der Waals surface area contributed by atoms with E-state index in [-0.39, 0.29) is 61.4 Å². The van der Waals surface area contributed by atoms with Crippen LogP contribution in [0.15, 0.2) is 47.6 Å². The molecule has 0 spiro atoms. The number of methoxy groups -OCH3 is 3. The van der Waals surface area contributed by atoms with E-state index in [9.17, 15) is 38.6 Å². The Kier molecular flexibility index (Phi) is 19.4. The number of fused-ring (bicyclic) bond motifs is 3. The summed E-state index contributed by atoms with van der Waals surface area (Å²) in [7, 11) is 4.61. The molecule has 0 aromatic heterocycles. The normalized spacial score (nSPS) is 36.2. The standard InChI is InChI=1S/C51H74FNO13/c1-10-35-21-29(2)20-30(3)22-44(62-8)47-45(63-9)24-32(5)51(60,66-47)48(57)49(58)53-19-12-11-16-38(53)50(59)65-46(33(6)39(54)27-40(35)55)31(4)23-34-17-18-42(43(25-34)61-7)64-28-41(56)36-14-13-15-37(52)26-36/h13-15,21,23,26,30,32-35,38-39,42-47,54,60H,10-12,16-20,22,24-25,27-28H2,1-9H3. The minimum Gasteiger partial charge on any atom is -0.456 e. The number of esters is 1. The van der Waals surface area contributed by atoms with E-state index in [2.05, 4.69) is 0 Å². The zero-order valence-electron chi connectivity index (χ0n) is 40.4. The average Bonchev–Trinajstić information content (AvgIpc) is 3.30. The lowest BCUT2D eigenvalue weighted by Gasteiger charge is -2.47. The molecule has 1 aliphatic carbocycles. The van der Waals surface area contributed by atoms with E-state index in [1.165, 1.54) is 43.4 Å². The maximum Gasteiger partial charge on any atom is 0.329 e. The summed E-state index contributed by atoms with van der Waals surface area (Å²) in [5.74, 6) is -8.75. The van der Waals surface area contributed by atoms with Crippen molar-refractivity contribution in [3.8, 4) is 0 Å². The number of aliphatic hydroxyl groups is 2. The summed E-state index contributed by atoms with van der Waals surface area (Å²) in [4.78, 5) is 71.1. The molecule has 3 fully saturated rings. The Bertz CT molecular complexity index is 1920. The van der Waals surface area contributed by atoms with Gasteiger partial charge in [0.15, 0.2) is 5.78 Å². The SMILES string of the molecule is CCC1C=C(C)CC(C)CC(OC)C2OC(O)(C(=O)C(=O)N3CCCCC3C(=O)OC(C(C)=CC3CCC(OCC(=O)c4cccc(F)c4)C(OC)C3)C(C)C(O)CC1=O)C(C)CC2OC. The molecule has 0 radical (unpaired) electrons. The molecule has 368 valence electrons. The molecule has 3 heterocycles. The molecule has 1 amide bonds. The van der Waals surface area contributed by atoms with Crippen molar-refractivity contribution in [2.75, 3.05) is 34.5 Å². The van der Waals surface area contributed by atoms with Gasteiger partial charge in [-0.2, -0.15) is 0 Å². The topological polar surface area (TPSA) is 184 Å². The fourth-order valence-electron chi connectivity index (χ4n) is 10.5. The maximum atomic E-state index is 14.5. The number of halogens is 1. The number of hydrogen-bond donors (Lipinski definition) is 2. The number of benzene rings is 1. The highest BCUT2D eigenvalue weighted by atomic mass is 19.1. The van der Waals surface area contributed by atoms with Gasteiger partial charge >= 0.3 is 5.97 Å². The number of ketones is 3. The maximum absolute atomic E-state index is 14.5. The van der Waals surface area contributed by atoms with Gasteiger partial charge in [0, 0.05) is 57.6 Å². The summed E-state index contributed by atoms with van der Waals surface area (Å²) in [6, 6.07) is 4.27. The fraction of sp³-hybridized carbons (Fsp3) is 0.706. The molecule has 14 nitrogen and oxygen atoms in total. The Labute approximate surface area is 389 Å². The van der Waals surface area contributed by atoms with Gasteiger partial charge in [-0.15, -0.1) is 0 Å². The molecule has 2 saturated heterocycles. The average molecular weight is 928 g/mol. The number of carbonyl (C=O) groups excluding carboxylic acids is 5. The lowest BCUT2D eigenvalue weighted by Crippen LogP contribution is -2.64. The number of allylic oxidation sites excluding steroid dienone is 3. The van der Waals surface area contributed by atoms with Gasteiger partial charge < -0.3 is 43.5 Å². The molecule has 1 aromatic carbocycles. The molecule has 2 bridgehead atoms. The van der Waals surface area contributed by atoms with Crippen LogP contribution >= 0.6 is 0 Å². The van der Waals surface area contributed by atoms with Gasteiger partial charge in [-0.1, -0.05) is 57.6 Å². The first-order valence-electron chi connectivity index (χ1n) is 23.9. The highest BCUT2D eigenvalue weighted by molar-refractivity contribution is 6.39. The monoisotopic (exact) mass is 928 g/mol. The minimum atomic E-state index is -2.53. The van der Waals surface area contributed by atoms with Crippen LogP contribution in [0.3, 0.4) is 0 Å². The fourth-order valence-corrected chi connectivity index (χ4v) is 10.5. The first-order valence-corrected chi connectivity index (χ1v) is 23.9. The number of amides is 1. The molecule has 5 rings (SSSR count). The Morgan fingerprint density at radius 3 is 2.30 bits per heavy atom. The molecular formula is C51H74FNO13. The van der Waals surface area contributed by atoms with Crippen molar-refractivity contribution in [1.29, 1.82) is 0 Å². The molecule has 14 unspecified atom stereocenters. The van der Waals surface area contributed by atoms with Crippen LogP contribution in [0.5, 0.6) is 0 Å². The largest absolute Gasteiger partial charge is 0.456 e. The third kappa shape index (κ3) is 12.9. The molecule has 4 aliphatic rings. The molecular weight excluding hydrogens is 854 g/mol. The third-order valence-electron chi connectivity index (χ3n) is 14.4. The number of aliphatic hydroxyl groups excluding tert-OH is 1. The van der Waals surface area contributed by atoms with Crippen molar-refractivity contribution in [2.45, 2.75) is 167 Å². The lowest BCUT2D eigenvalue weighted by molar-refractivity contribution is -0.302. The van der Waals surface area contributed by atoms with E-state index in [4.69, 9.17) is 28.4 Å².